The third-order valence-corrected chi connectivity index (χ3v) is 4.20. The Balaban J connectivity index is 1.64. The smallest absolute Gasteiger partial charge is 0.315 e. The van der Waals surface area contributed by atoms with Gasteiger partial charge in [0.05, 0.1) is 7.41 Å². The minimum absolute atomic E-state index is 0.0674. The zero-order valence-corrected chi connectivity index (χ0v) is 11.8. The van der Waals surface area contributed by atoms with Crippen LogP contribution < -0.4 is 10.6 Å². The van der Waals surface area contributed by atoms with Crippen LogP contribution in [0.4, 0.5) is 4.79 Å². The van der Waals surface area contributed by atoms with Crippen molar-refractivity contribution in [3.05, 3.63) is 35.9 Å². The quantitative estimate of drug-likeness (QED) is 0.889. The molecule has 2 amide bonds. The van der Waals surface area contributed by atoms with Gasteiger partial charge in [0, 0.05) is 13.9 Å². The van der Waals surface area contributed by atoms with Crippen LogP contribution in [0.25, 0.3) is 0 Å². The Labute approximate surface area is 123 Å². The normalized spacial score (nSPS) is 38.5. The van der Waals surface area contributed by atoms with E-state index in [1.54, 1.807) is 0 Å². The monoisotopic (exact) mass is 277 g/mol. The summed E-state index contributed by atoms with van der Waals surface area (Å²) in [6.45, 7) is 2.96. The average Bonchev–Trinajstić information content (AvgIpc) is 2.53. The molecule has 0 radical (unpaired) electrons. The van der Waals surface area contributed by atoms with Gasteiger partial charge in [-0.05, 0) is 44.3 Å². The van der Waals surface area contributed by atoms with Gasteiger partial charge in [0.25, 0.3) is 0 Å². The van der Waals surface area contributed by atoms with Crippen molar-refractivity contribution in [1.82, 2.24) is 15.5 Å². The Bertz CT molecular complexity index is 529. The summed E-state index contributed by atoms with van der Waals surface area (Å²) < 4.78 is 16.8. The molecule has 0 aliphatic carbocycles. The summed E-state index contributed by atoms with van der Waals surface area (Å²) in [6, 6.07) is 8.03. The summed E-state index contributed by atoms with van der Waals surface area (Å²) >= 11 is 0. The number of hydrogen-bond donors (Lipinski definition) is 2. The van der Waals surface area contributed by atoms with E-state index < -0.39 is 12.5 Å². The molecule has 3 fully saturated rings. The molecule has 0 aromatic heterocycles. The molecule has 3 atom stereocenters. The Hall–Kier alpha value is -1.55. The number of nitrogens with zero attached hydrogens (tertiary/aromatic N) is 1. The molecule has 4 heteroatoms. The number of hydrogen-bond acceptors (Lipinski definition) is 2. The largest absolute Gasteiger partial charge is 0.334 e. The number of piperidine rings is 3. The number of fused-ring (bicyclic) bond motifs is 3. The van der Waals surface area contributed by atoms with Crippen molar-refractivity contribution in [3.63, 3.8) is 0 Å². The lowest BCUT2D eigenvalue weighted by Gasteiger charge is -2.44. The second kappa shape index (κ2) is 5.83. The van der Waals surface area contributed by atoms with Gasteiger partial charge in [-0.1, -0.05) is 30.3 Å². The first-order valence-electron chi connectivity index (χ1n) is 8.38. The van der Waals surface area contributed by atoms with E-state index in [4.69, 9.17) is 2.74 Å². The minimum Gasteiger partial charge on any atom is -0.334 e. The van der Waals surface area contributed by atoms with E-state index in [2.05, 4.69) is 10.6 Å². The van der Waals surface area contributed by atoms with Crippen molar-refractivity contribution in [1.29, 1.82) is 0 Å². The highest BCUT2D eigenvalue weighted by atomic mass is 16.2. The lowest BCUT2D eigenvalue weighted by Crippen LogP contribution is -2.58. The topological polar surface area (TPSA) is 44.4 Å². The molecular formula is C16H23N3O. The predicted molar refractivity (Wildman–Crippen MR) is 79.5 cm³/mol. The highest BCUT2D eigenvalue weighted by molar-refractivity contribution is 5.74. The summed E-state index contributed by atoms with van der Waals surface area (Å²) in [7, 11) is 0. The molecular weight excluding hydrogens is 250 g/mol. The van der Waals surface area contributed by atoms with Crippen LogP contribution >= 0.6 is 0 Å². The molecule has 108 valence electrons. The highest BCUT2D eigenvalue weighted by Crippen LogP contribution is 2.27. The van der Waals surface area contributed by atoms with Gasteiger partial charge in [-0.25, -0.2) is 4.79 Å². The van der Waals surface area contributed by atoms with Crippen LogP contribution in [-0.2, 0) is 0 Å². The molecule has 2 bridgehead atoms. The molecule has 3 aliphatic rings. The van der Waals surface area contributed by atoms with Crippen molar-refractivity contribution in [2.45, 2.75) is 31.8 Å². The van der Waals surface area contributed by atoms with Crippen molar-refractivity contribution in [2.75, 3.05) is 19.6 Å². The van der Waals surface area contributed by atoms with E-state index >= 15 is 0 Å². The van der Waals surface area contributed by atoms with Gasteiger partial charge in [-0.3, -0.25) is 0 Å². The molecule has 2 N–H and O–H groups in total. The Morgan fingerprint density at radius 3 is 2.75 bits per heavy atom. The summed E-state index contributed by atoms with van der Waals surface area (Å²) in [5.74, 6) is 0.0674. The fourth-order valence-corrected chi connectivity index (χ4v) is 2.96. The first-order valence-corrected chi connectivity index (χ1v) is 7.30. The average molecular weight is 277 g/mol. The number of rotatable bonds is 3. The fourth-order valence-electron chi connectivity index (χ4n) is 2.96. The van der Waals surface area contributed by atoms with Gasteiger partial charge in [-0.15, -0.1) is 0 Å². The lowest BCUT2D eigenvalue weighted by molar-refractivity contribution is 0.0764. The van der Waals surface area contributed by atoms with Gasteiger partial charge < -0.3 is 15.5 Å². The number of carbonyl (C=O) groups is 1. The summed E-state index contributed by atoms with van der Waals surface area (Å²) in [5.41, 5.74) is 1.02. The number of urea groups is 1. The molecule has 4 nitrogen and oxygen atoms in total. The molecule has 3 heterocycles. The maximum Gasteiger partial charge on any atom is 0.315 e. The van der Waals surface area contributed by atoms with Gasteiger partial charge in [-0.2, -0.15) is 0 Å². The summed E-state index contributed by atoms with van der Waals surface area (Å²) in [6.07, 6.45) is 1.76. The third-order valence-electron chi connectivity index (χ3n) is 4.20. The van der Waals surface area contributed by atoms with Crippen LogP contribution in [0.3, 0.4) is 0 Å². The van der Waals surface area contributed by atoms with Crippen LogP contribution in [0.1, 0.15) is 34.1 Å². The maximum absolute atomic E-state index is 12.3. The molecule has 3 saturated heterocycles. The maximum atomic E-state index is 12.3. The van der Waals surface area contributed by atoms with Crippen LogP contribution in [0.2, 0.25) is 0 Å². The van der Waals surface area contributed by atoms with Crippen molar-refractivity contribution in [3.8, 4) is 0 Å². The predicted octanol–water partition coefficient (Wildman–Crippen LogP) is 2.14. The zero-order valence-electron chi connectivity index (χ0n) is 13.8. The molecule has 0 spiro atoms. The van der Waals surface area contributed by atoms with Crippen LogP contribution in [0.5, 0.6) is 0 Å². The molecule has 1 aromatic carbocycles. The van der Waals surface area contributed by atoms with E-state index in [9.17, 15) is 4.79 Å². The van der Waals surface area contributed by atoms with Gasteiger partial charge in [0.15, 0.2) is 0 Å². The molecule has 1 unspecified atom stereocenters. The minimum atomic E-state index is -1.21. The van der Waals surface area contributed by atoms with E-state index in [-0.39, 0.29) is 18.0 Å². The van der Waals surface area contributed by atoms with Crippen LogP contribution in [-0.4, -0.2) is 36.6 Å². The van der Waals surface area contributed by atoms with E-state index in [0.717, 1.165) is 31.5 Å². The number of carbonyl (C=O) groups excluding carboxylic acids is 1. The first kappa shape index (κ1) is 11.1. The molecule has 1 aromatic rings. The first-order chi connectivity index (χ1) is 10.5. The lowest BCUT2D eigenvalue weighted by atomic mass is 9.84. The van der Waals surface area contributed by atoms with Crippen LogP contribution in [0, 0.1) is 5.92 Å². The highest BCUT2D eigenvalue weighted by Gasteiger charge is 2.34. The number of amides is 2. The second-order valence-corrected chi connectivity index (χ2v) is 5.63. The fraction of sp³-hybridized carbons (Fsp3) is 0.562. The van der Waals surface area contributed by atoms with E-state index in [1.165, 1.54) is 0 Å². The SMILES string of the molecule is [3H]C1N2CCC(CC2)[C@]1([3H])NC(=O)N[C@H](C)c1ccccc1. The standard InChI is InChI=1S/C16H23N3O/c1-12(13-5-3-2-4-6-13)17-16(20)18-15-11-19-9-7-14(15)8-10-19/h2-6,12,14-15H,7-11H2,1H3,(H2,17,18,20)/t12-,15-/m1/s1/i11T,15T/t11?,12-,15-. The second-order valence-electron chi connectivity index (χ2n) is 5.63. The van der Waals surface area contributed by atoms with E-state index in [0.29, 0.717) is 0 Å². The van der Waals surface area contributed by atoms with Crippen molar-refractivity contribution < 1.29 is 7.54 Å². The van der Waals surface area contributed by atoms with Gasteiger partial charge >= 0.3 is 6.03 Å². The molecule has 3 aliphatic heterocycles. The van der Waals surface area contributed by atoms with Gasteiger partial charge in [0.2, 0.25) is 0 Å². The molecule has 20 heavy (non-hydrogen) atoms. The molecule has 4 rings (SSSR count). The van der Waals surface area contributed by atoms with Crippen molar-refractivity contribution >= 4 is 6.03 Å². The summed E-state index contributed by atoms with van der Waals surface area (Å²) in [4.78, 5) is 14.3. The van der Waals surface area contributed by atoms with Crippen LogP contribution in [0.15, 0.2) is 30.3 Å². The zero-order chi connectivity index (χ0) is 15.7. The Kier molecular flexibility index (Phi) is 3.25. The summed E-state index contributed by atoms with van der Waals surface area (Å²) in [5, 5.41) is 5.64. The molecule has 0 saturated carbocycles. The Morgan fingerprint density at radius 2 is 2.10 bits per heavy atom. The third kappa shape index (κ3) is 2.96. The Morgan fingerprint density at radius 1 is 1.40 bits per heavy atom. The van der Waals surface area contributed by atoms with Crippen molar-refractivity contribution in [2.24, 2.45) is 5.92 Å². The van der Waals surface area contributed by atoms with Gasteiger partial charge in [0.1, 0.15) is 0 Å². The van der Waals surface area contributed by atoms with E-state index in [1.807, 2.05) is 42.2 Å². The number of nitrogens with one attached hydrogen (secondary N) is 2. The number of benzene rings is 1.